The first kappa shape index (κ1) is 15.5. The van der Waals surface area contributed by atoms with Crippen LogP contribution in [-0.4, -0.2) is 35.4 Å². The van der Waals surface area contributed by atoms with E-state index < -0.39 is 17.9 Å². The number of aliphatic carboxylic acids is 1. The molecule has 0 spiro atoms. The van der Waals surface area contributed by atoms with Gasteiger partial charge in [-0.15, -0.1) is 0 Å². The van der Waals surface area contributed by atoms with E-state index in [1.54, 1.807) is 0 Å². The smallest absolute Gasteiger partial charge is 0.336 e. The van der Waals surface area contributed by atoms with E-state index in [4.69, 9.17) is 11.4 Å². The fourth-order valence-electron chi connectivity index (χ4n) is 2.61. The molecule has 0 fully saturated rings. The maximum absolute atomic E-state index is 12.2. The Balaban J connectivity index is 2.37. The minimum Gasteiger partial charge on any atom is -0.478 e. The quantitative estimate of drug-likeness (QED) is 0.136. The number of rotatable bonds is 4. The number of nitrogens with one attached hydrogen (secondary N) is 2. The molecule has 0 saturated carbocycles. The van der Waals surface area contributed by atoms with Crippen molar-refractivity contribution in [2.24, 2.45) is 16.9 Å². The molecule has 1 heterocycles. The van der Waals surface area contributed by atoms with Gasteiger partial charge in [0.2, 0.25) is 0 Å². The van der Waals surface area contributed by atoms with Gasteiger partial charge in [-0.2, -0.15) is 0 Å². The monoisotopic (exact) mass is 306 g/mol. The molecule has 2 aliphatic rings. The third-order valence-electron chi connectivity index (χ3n) is 3.54. The van der Waals surface area contributed by atoms with Gasteiger partial charge >= 0.3 is 5.97 Å². The summed E-state index contributed by atoms with van der Waals surface area (Å²) in [6.45, 7) is 0.126. The van der Waals surface area contributed by atoms with Crippen molar-refractivity contribution >= 4 is 17.7 Å². The average molecular weight is 306 g/mol. The standard InChI is InChI=1S/C12H14N6O4/c13-17-11(20)8-3-6(12(21)22)10-7(16-8)1-5(2-9(10)19)4-15-18-14/h3,5,8,16H,1-2,4,13H2,(H,17,20)(H,21,22). The van der Waals surface area contributed by atoms with E-state index in [9.17, 15) is 19.5 Å². The van der Waals surface area contributed by atoms with Crippen LogP contribution in [0.4, 0.5) is 0 Å². The second-order valence-electron chi connectivity index (χ2n) is 4.98. The number of carboxylic acids is 1. The number of hydrazine groups is 1. The number of Topliss-reactive ketones (excluding diaryl/α,β-unsaturated/α-hetero) is 1. The van der Waals surface area contributed by atoms with E-state index in [2.05, 4.69) is 15.3 Å². The first-order chi connectivity index (χ1) is 10.5. The number of hydrogen-bond donors (Lipinski definition) is 4. The summed E-state index contributed by atoms with van der Waals surface area (Å²) in [5.74, 6) is 2.57. The molecule has 0 saturated heterocycles. The highest BCUT2D eigenvalue weighted by molar-refractivity contribution is 6.11. The molecule has 2 rings (SSSR count). The van der Waals surface area contributed by atoms with E-state index in [1.165, 1.54) is 0 Å². The van der Waals surface area contributed by atoms with Crippen molar-refractivity contribution < 1.29 is 19.5 Å². The van der Waals surface area contributed by atoms with Crippen molar-refractivity contribution in [2.75, 3.05) is 6.54 Å². The SMILES string of the molecule is [N-]=[N+]=NCC1CC(=O)C2=C(C1)NC(C(=O)NN)C=C2C(=O)O. The van der Waals surface area contributed by atoms with Gasteiger partial charge in [-0.1, -0.05) is 5.11 Å². The number of dihydropyridines is 1. The number of carbonyl (C=O) groups excluding carboxylic acids is 2. The highest BCUT2D eigenvalue weighted by Crippen LogP contribution is 2.33. The highest BCUT2D eigenvalue weighted by atomic mass is 16.4. The van der Waals surface area contributed by atoms with E-state index in [1.807, 2.05) is 5.43 Å². The molecule has 0 aromatic carbocycles. The summed E-state index contributed by atoms with van der Waals surface area (Å²) in [6.07, 6.45) is 1.58. The largest absolute Gasteiger partial charge is 0.478 e. The molecule has 5 N–H and O–H groups in total. The van der Waals surface area contributed by atoms with Gasteiger partial charge in [0.1, 0.15) is 6.04 Å². The summed E-state index contributed by atoms with van der Waals surface area (Å²) in [5, 5.41) is 15.5. The molecule has 1 aliphatic heterocycles. The molecular formula is C12H14N6O4. The van der Waals surface area contributed by atoms with Gasteiger partial charge in [0.05, 0.1) is 11.1 Å². The van der Waals surface area contributed by atoms with Gasteiger partial charge in [-0.25, -0.2) is 10.6 Å². The third kappa shape index (κ3) is 2.92. The Morgan fingerprint density at radius 3 is 2.86 bits per heavy atom. The van der Waals surface area contributed by atoms with Crippen LogP contribution in [-0.2, 0) is 14.4 Å². The highest BCUT2D eigenvalue weighted by Gasteiger charge is 2.36. The first-order valence-electron chi connectivity index (χ1n) is 6.47. The molecule has 0 radical (unpaired) electrons. The Labute approximate surface area is 124 Å². The van der Waals surface area contributed by atoms with Crippen molar-refractivity contribution in [1.29, 1.82) is 0 Å². The van der Waals surface area contributed by atoms with Gasteiger partial charge in [0, 0.05) is 23.6 Å². The van der Waals surface area contributed by atoms with Crippen LogP contribution in [0.2, 0.25) is 0 Å². The summed E-state index contributed by atoms with van der Waals surface area (Å²) in [7, 11) is 0. The molecule has 116 valence electrons. The molecular weight excluding hydrogens is 292 g/mol. The Bertz CT molecular complexity index is 646. The lowest BCUT2D eigenvalue weighted by atomic mass is 9.80. The van der Waals surface area contributed by atoms with Crippen LogP contribution >= 0.6 is 0 Å². The molecule has 1 amide bonds. The van der Waals surface area contributed by atoms with Gasteiger partial charge in [-0.05, 0) is 23.9 Å². The molecule has 22 heavy (non-hydrogen) atoms. The number of azide groups is 1. The summed E-state index contributed by atoms with van der Waals surface area (Å²) in [4.78, 5) is 37.8. The molecule has 2 atom stereocenters. The van der Waals surface area contributed by atoms with E-state index >= 15 is 0 Å². The Kier molecular flexibility index (Phi) is 4.44. The lowest BCUT2D eigenvalue weighted by molar-refractivity contribution is -0.133. The maximum Gasteiger partial charge on any atom is 0.336 e. The number of nitrogens with zero attached hydrogens (tertiary/aromatic N) is 3. The van der Waals surface area contributed by atoms with Gasteiger partial charge in [-0.3, -0.25) is 15.0 Å². The molecule has 10 heteroatoms. The van der Waals surface area contributed by atoms with E-state index in [-0.39, 0.29) is 35.8 Å². The molecule has 0 bridgehead atoms. The molecule has 10 nitrogen and oxygen atoms in total. The molecule has 0 aromatic rings. The lowest BCUT2D eigenvalue weighted by Gasteiger charge is -2.32. The molecule has 0 aromatic heterocycles. The number of nitrogens with two attached hydrogens (primary N) is 1. The van der Waals surface area contributed by atoms with Gasteiger partial charge < -0.3 is 10.4 Å². The second kappa shape index (κ2) is 6.29. The molecule has 1 aliphatic carbocycles. The van der Waals surface area contributed by atoms with Crippen LogP contribution in [0.15, 0.2) is 28.0 Å². The van der Waals surface area contributed by atoms with Crippen LogP contribution in [0.5, 0.6) is 0 Å². The topological polar surface area (TPSA) is 170 Å². The van der Waals surface area contributed by atoms with E-state index in [0.29, 0.717) is 12.1 Å². The van der Waals surface area contributed by atoms with Crippen LogP contribution < -0.4 is 16.6 Å². The third-order valence-corrected chi connectivity index (χ3v) is 3.54. The normalized spacial score (nSPS) is 23.7. The fraction of sp³-hybridized carbons (Fsp3) is 0.417. The summed E-state index contributed by atoms with van der Waals surface area (Å²) < 4.78 is 0. The summed E-state index contributed by atoms with van der Waals surface area (Å²) >= 11 is 0. The van der Waals surface area contributed by atoms with Crippen LogP contribution in [0.3, 0.4) is 0 Å². The Morgan fingerprint density at radius 1 is 1.55 bits per heavy atom. The second-order valence-corrected chi connectivity index (χ2v) is 4.98. The maximum atomic E-state index is 12.2. The van der Waals surface area contributed by atoms with Crippen LogP contribution in [0, 0.1) is 5.92 Å². The van der Waals surface area contributed by atoms with Crippen LogP contribution in [0.25, 0.3) is 10.4 Å². The number of amides is 1. The Hall–Kier alpha value is -2.84. The number of allylic oxidation sites excluding steroid dienone is 1. The average Bonchev–Trinajstić information content (AvgIpc) is 2.50. The summed E-state index contributed by atoms with van der Waals surface area (Å²) in [6, 6.07) is -0.971. The van der Waals surface area contributed by atoms with E-state index in [0.717, 1.165) is 6.08 Å². The van der Waals surface area contributed by atoms with Crippen molar-refractivity contribution in [3.8, 4) is 0 Å². The van der Waals surface area contributed by atoms with Crippen molar-refractivity contribution in [3.63, 3.8) is 0 Å². The van der Waals surface area contributed by atoms with Crippen molar-refractivity contribution in [1.82, 2.24) is 10.7 Å². The predicted octanol–water partition coefficient (Wildman–Crippen LogP) is -0.497. The Morgan fingerprint density at radius 2 is 2.27 bits per heavy atom. The first-order valence-corrected chi connectivity index (χ1v) is 6.47. The minimum absolute atomic E-state index is 0.0748. The van der Waals surface area contributed by atoms with Crippen LogP contribution in [0.1, 0.15) is 12.8 Å². The molecule has 2 unspecified atom stereocenters. The number of carbonyl (C=O) groups is 3. The van der Waals surface area contributed by atoms with Crippen molar-refractivity contribution in [2.45, 2.75) is 18.9 Å². The zero-order valence-corrected chi connectivity index (χ0v) is 11.4. The number of ketones is 1. The fourth-order valence-corrected chi connectivity index (χ4v) is 2.61. The zero-order valence-electron chi connectivity index (χ0n) is 11.4. The number of carboxylic acid groups (broad SMARTS) is 1. The lowest BCUT2D eigenvalue weighted by Crippen LogP contribution is -2.49. The van der Waals surface area contributed by atoms with Gasteiger partial charge in [0.15, 0.2) is 5.78 Å². The van der Waals surface area contributed by atoms with Gasteiger partial charge in [0.25, 0.3) is 5.91 Å². The zero-order chi connectivity index (χ0) is 16.3. The predicted molar refractivity (Wildman–Crippen MR) is 73.7 cm³/mol. The summed E-state index contributed by atoms with van der Waals surface area (Å²) in [5.41, 5.74) is 10.5. The minimum atomic E-state index is -1.29. The number of hydrogen-bond acceptors (Lipinski definition) is 6. The van der Waals surface area contributed by atoms with Crippen molar-refractivity contribution in [3.05, 3.63) is 33.4 Å².